The van der Waals surface area contributed by atoms with Crippen molar-refractivity contribution in [3.8, 4) is 0 Å². The van der Waals surface area contributed by atoms with Crippen LogP contribution in [0.2, 0.25) is 0 Å². The Morgan fingerprint density at radius 3 is 2.59 bits per heavy atom. The molecule has 0 saturated heterocycles. The lowest BCUT2D eigenvalue weighted by Crippen LogP contribution is -2.38. The van der Waals surface area contributed by atoms with Crippen LogP contribution in [0.15, 0.2) is 10.8 Å². The van der Waals surface area contributed by atoms with Crippen molar-refractivity contribution in [3.63, 3.8) is 0 Å². The summed E-state index contributed by atoms with van der Waals surface area (Å²) in [6, 6.07) is -0.0913. The van der Waals surface area contributed by atoms with Gasteiger partial charge in [0.25, 0.3) is 5.91 Å². The monoisotopic (exact) mass is 240 g/mol. The number of aromatic nitrogens is 1. The van der Waals surface area contributed by atoms with Gasteiger partial charge in [0.05, 0.1) is 12.1 Å². The van der Waals surface area contributed by atoms with Gasteiger partial charge in [-0.3, -0.25) is 9.59 Å². The van der Waals surface area contributed by atoms with Crippen LogP contribution in [0, 0.1) is 6.92 Å². The van der Waals surface area contributed by atoms with E-state index in [0.29, 0.717) is 5.69 Å². The van der Waals surface area contributed by atoms with Gasteiger partial charge in [-0.05, 0) is 20.8 Å². The van der Waals surface area contributed by atoms with Gasteiger partial charge in [0.1, 0.15) is 0 Å². The fraction of sp³-hybridized carbons (Fsp3) is 0.545. The summed E-state index contributed by atoms with van der Waals surface area (Å²) < 4.78 is 5.01. The summed E-state index contributed by atoms with van der Waals surface area (Å²) in [4.78, 5) is 27.9. The molecular weight excluding hydrogens is 224 g/mol. The summed E-state index contributed by atoms with van der Waals surface area (Å²) in [5.74, 6) is -1.09. The van der Waals surface area contributed by atoms with Crippen molar-refractivity contribution in [3.05, 3.63) is 17.8 Å². The maximum absolute atomic E-state index is 12.1. The van der Waals surface area contributed by atoms with Crippen LogP contribution < -0.4 is 0 Å². The lowest BCUT2D eigenvalue weighted by atomic mass is 10.2. The predicted octanol–water partition coefficient (Wildman–Crippen LogP) is 1.31. The highest BCUT2D eigenvalue weighted by molar-refractivity contribution is 5.92. The number of aliphatic carboxylic acids is 1. The minimum absolute atomic E-state index is 0.0862. The van der Waals surface area contributed by atoms with Crippen LogP contribution in [0.25, 0.3) is 0 Å². The molecule has 0 aliphatic rings. The number of carbonyl (C=O) groups is 2. The zero-order valence-corrected chi connectivity index (χ0v) is 10.1. The van der Waals surface area contributed by atoms with Crippen molar-refractivity contribution in [2.75, 3.05) is 6.54 Å². The van der Waals surface area contributed by atoms with Crippen LogP contribution in [0.4, 0.5) is 0 Å². The molecule has 0 spiro atoms. The number of carboxylic acid groups (broad SMARTS) is 1. The first kappa shape index (κ1) is 13.2. The lowest BCUT2D eigenvalue weighted by Gasteiger charge is -2.25. The normalized spacial score (nSPS) is 10.6. The molecule has 1 rings (SSSR count). The SMILES string of the molecule is Cc1ncoc1C(=O)N(CCC(=O)O)C(C)C. The zero-order valence-electron chi connectivity index (χ0n) is 10.1. The van der Waals surface area contributed by atoms with Crippen LogP contribution in [0.3, 0.4) is 0 Å². The number of rotatable bonds is 5. The van der Waals surface area contributed by atoms with E-state index in [1.165, 1.54) is 11.3 Å². The van der Waals surface area contributed by atoms with E-state index in [0.717, 1.165) is 0 Å². The number of amides is 1. The van der Waals surface area contributed by atoms with E-state index >= 15 is 0 Å². The van der Waals surface area contributed by atoms with E-state index in [1.807, 2.05) is 13.8 Å². The number of hydrogen-bond donors (Lipinski definition) is 1. The van der Waals surface area contributed by atoms with E-state index in [2.05, 4.69) is 4.98 Å². The Kier molecular flexibility index (Phi) is 4.25. The molecule has 0 aliphatic carbocycles. The van der Waals surface area contributed by atoms with Gasteiger partial charge < -0.3 is 14.4 Å². The molecule has 1 aromatic rings. The third-order valence-corrected chi connectivity index (χ3v) is 2.39. The van der Waals surface area contributed by atoms with Crippen molar-refractivity contribution in [1.82, 2.24) is 9.88 Å². The summed E-state index contributed by atoms with van der Waals surface area (Å²) in [5.41, 5.74) is 0.510. The van der Waals surface area contributed by atoms with Gasteiger partial charge in [0, 0.05) is 12.6 Å². The molecule has 0 unspecified atom stereocenters. The largest absolute Gasteiger partial charge is 0.481 e. The second-order valence-corrected chi connectivity index (χ2v) is 4.00. The lowest BCUT2D eigenvalue weighted by molar-refractivity contribution is -0.137. The Bertz CT molecular complexity index is 411. The smallest absolute Gasteiger partial charge is 0.305 e. The molecule has 6 nitrogen and oxygen atoms in total. The zero-order chi connectivity index (χ0) is 13.0. The van der Waals surface area contributed by atoms with Gasteiger partial charge in [-0.15, -0.1) is 0 Å². The number of carboxylic acids is 1. The van der Waals surface area contributed by atoms with Crippen LogP contribution in [-0.2, 0) is 4.79 Å². The summed E-state index contributed by atoms with van der Waals surface area (Å²) in [5, 5.41) is 8.64. The van der Waals surface area contributed by atoms with Crippen molar-refractivity contribution in [2.45, 2.75) is 33.2 Å². The molecule has 0 radical (unpaired) electrons. The van der Waals surface area contributed by atoms with E-state index in [-0.39, 0.29) is 30.7 Å². The summed E-state index contributed by atoms with van der Waals surface area (Å²) in [7, 11) is 0. The highest BCUT2D eigenvalue weighted by Gasteiger charge is 2.23. The number of hydrogen-bond acceptors (Lipinski definition) is 4. The molecule has 6 heteroatoms. The van der Waals surface area contributed by atoms with E-state index in [4.69, 9.17) is 9.52 Å². The molecule has 1 heterocycles. The van der Waals surface area contributed by atoms with Crippen molar-refractivity contribution in [1.29, 1.82) is 0 Å². The molecule has 0 aromatic carbocycles. The van der Waals surface area contributed by atoms with Crippen LogP contribution in [-0.4, -0.2) is 39.5 Å². The average molecular weight is 240 g/mol. The second-order valence-electron chi connectivity index (χ2n) is 4.00. The highest BCUT2D eigenvalue weighted by atomic mass is 16.4. The topological polar surface area (TPSA) is 83.6 Å². The molecule has 17 heavy (non-hydrogen) atoms. The molecule has 0 aliphatic heterocycles. The number of oxazole rings is 1. The van der Waals surface area contributed by atoms with Gasteiger partial charge in [-0.2, -0.15) is 0 Å². The van der Waals surface area contributed by atoms with Gasteiger partial charge in [0.15, 0.2) is 6.39 Å². The first-order chi connectivity index (χ1) is 7.93. The Morgan fingerprint density at radius 1 is 1.53 bits per heavy atom. The Morgan fingerprint density at radius 2 is 2.18 bits per heavy atom. The van der Waals surface area contributed by atoms with Gasteiger partial charge in [0.2, 0.25) is 5.76 Å². The average Bonchev–Trinajstić information content (AvgIpc) is 2.63. The molecule has 0 saturated carbocycles. The summed E-state index contributed by atoms with van der Waals surface area (Å²) >= 11 is 0. The molecule has 0 atom stereocenters. The van der Waals surface area contributed by atoms with E-state index < -0.39 is 5.97 Å². The maximum Gasteiger partial charge on any atom is 0.305 e. The van der Waals surface area contributed by atoms with Gasteiger partial charge >= 0.3 is 5.97 Å². The van der Waals surface area contributed by atoms with Crippen LogP contribution in [0.1, 0.15) is 36.5 Å². The minimum Gasteiger partial charge on any atom is -0.481 e. The Balaban J connectivity index is 2.81. The van der Waals surface area contributed by atoms with E-state index in [9.17, 15) is 9.59 Å². The first-order valence-corrected chi connectivity index (χ1v) is 5.36. The van der Waals surface area contributed by atoms with Crippen LogP contribution >= 0.6 is 0 Å². The first-order valence-electron chi connectivity index (χ1n) is 5.36. The minimum atomic E-state index is -0.933. The van der Waals surface area contributed by atoms with E-state index in [1.54, 1.807) is 6.92 Å². The van der Waals surface area contributed by atoms with Gasteiger partial charge in [-0.25, -0.2) is 4.98 Å². The quantitative estimate of drug-likeness (QED) is 0.838. The molecule has 0 bridgehead atoms. The van der Waals surface area contributed by atoms with Crippen molar-refractivity contribution in [2.24, 2.45) is 0 Å². The van der Waals surface area contributed by atoms with Gasteiger partial charge in [-0.1, -0.05) is 0 Å². The molecule has 1 aromatic heterocycles. The number of aryl methyl sites for hydroxylation is 1. The Labute approximate surface area is 99.2 Å². The number of nitrogens with zero attached hydrogens (tertiary/aromatic N) is 2. The molecular formula is C11H16N2O4. The Hall–Kier alpha value is -1.85. The molecule has 1 amide bonds. The predicted molar refractivity (Wildman–Crippen MR) is 59.7 cm³/mol. The van der Waals surface area contributed by atoms with Crippen molar-refractivity contribution >= 4 is 11.9 Å². The second kappa shape index (κ2) is 5.47. The molecule has 0 fully saturated rings. The molecule has 1 N–H and O–H groups in total. The highest BCUT2D eigenvalue weighted by Crippen LogP contribution is 2.12. The standard InChI is InChI=1S/C11H16N2O4/c1-7(2)13(5-4-9(14)15)11(16)10-8(3)12-6-17-10/h6-7H,4-5H2,1-3H3,(H,14,15). The third-order valence-electron chi connectivity index (χ3n) is 2.39. The third kappa shape index (κ3) is 3.30. The fourth-order valence-corrected chi connectivity index (χ4v) is 1.45. The fourth-order valence-electron chi connectivity index (χ4n) is 1.45. The number of carbonyl (C=O) groups excluding carboxylic acids is 1. The summed E-state index contributed by atoms with van der Waals surface area (Å²) in [6.07, 6.45) is 1.12. The maximum atomic E-state index is 12.1. The van der Waals surface area contributed by atoms with Crippen molar-refractivity contribution < 1.29 is 19.1 Å². The van der Waals surface area contributed by atoms with Crippen LogP contribution in [0.5, 0.6) is 0 Å². The molecule has 94 valence electrons. The summed E-state index contributed by atoms with van der Waals surface area (Å²) in [6.45, 7) is 5.48.